The van der Waals surface area contributed by atoms with E-state index in [9.17, 15) is 0 Å². The van der Waals surface area contributed by atoms with Crippen LogP contribution in [0.2, 0.25) is 0 Å². The lowest BCUT2D eigenvalue weighted by Gasteiger charge is -2.24. The van der Waals surface area contributed by atoms with Gasteiger partial charge in [0.25, 0.3) is 5.95 Å². The van der Waals surface area contributed by atoms with Crippen molar-refractivity contribution in [3.05, 3.63) is 5.89 Å². The van der Waals surface area contributed by atoms with E-state index >= 15 is 0 Å². The molecule has 2 atom stereocenters. The van der Waals surface area contributed by atoms with E-state index in [1.54, 1.807) is 0 Å². The highest BCUT2D eigenvalue weighted by Gasteiger charge is 2.42. The first-order chi connectivity index (χ1) is 8.11. The van der Waals surface area contributed by atoms with E-state index in [1.165, 1.54) is 0 Å². The summed E-state index contributed by atoms with van der Waals surface area (Å²) in [7, 11) is 0. The van der Waals surface area contributed by atoms with Crippen molar-refractivity contribution < 1.29 is 4.52 Å². The van der Waals surface area contributed by atoms with Gasteiger partial charge in [-0.25, -0.2) is 0 Å². The van der Waals surface area contributed by atoms with Gasteiger partial charge in [-0.15, -0.1) is 0 Å². The molecule has 2 unspecified atom stereocenters. The summed E-state index contributed by atoms with van der Waals surface area (Å²) in [6, 6.07) is 0.132. The second-order valence-electron chi connectivity index (χ2n) is 4.99. The second kappa shape index (κ2) is 4.64. The average molecular weight is 238 g/mol. The van der Waals surface area contributed by atoms with Crippen molar-refractivity contribution in [1.82, 2.24) is 10.1 Å². The normalized spacial score (nSPS) is 28.6. The first kappa shape index (κ1) is 12.4. The van der Waals surface area contributed by atoms with E-state index in [4.69, 9.17) is 10.3 Å². The molecule has 1 aliphatic carbocycles. The van der Waals surface area contributed by atoms with Gasteiger partial charge in [-0.05, 0) is 38.8 Å². The lowest BCUT2D eigenvalue weighted by molar-refractivity contribution is 0.277. The molecule has 1 heterocycles. The molecule has 0 aromatic carbocycles. The van der Waals surface area contributed by atoms with Crippen LogP contribution >= 0.6 is 0 Å². The molecule has 1 aromatic heterocycles. The quantitative estimate of drug-likeness (QED) is 0.864. The summed E-state index contributed by atoms with van der Waals surface area (Å²) in [4.78, 5) is 6.60. The van der Waals surface area contributed by atoms with Crippen LogP contribution in [0.4, 0.5) is 5.95 Å². The fourth-order valence-corrected chi connectivity index (χ4v) is 2.54. The third-order valence-corrected chi connectivity index (χ3v) is 3.98. The van der Waals surface area contributed by atoms with Crippen LogP contribution in [0.25, 0.3) is 0 Å². The minimum atomic E-state index is -0.140. The molecule has 2 N–H and O–H groups in total. The Morgan fingerprint density at radius 2 is 2.18 bits per heavy atom. The summed E-state index contributed by atoms with van der Waals surface area (Å²) >= 11 is 0. The Labute approximate surface area is 102 Å². The summed E-state index contributed by atoms with van der Waals surface area (Å²) in [5, 5.41) is 4.07. The van der Waals surface area contributed by atoms with E-state index in [0.717, 1.165) is 32.4 Å². The van der Waals surface area contributed by atoms with Crippen LogP contribution in [0.1, 0.15) is 45.9 Å². The number of nitrogens with zero attached hydrogens (tertiary/aromatic N) is 3. The number of rotatable bonds is 4. The van der Waals surface area contributed by atoms with Gasteiger partial charge in [0.2, 0.25) is 5.89 Å². The van der Waals surface area contributed by atoms with E-state index in [2.05, 4.69) is 35.8 Å². The van der Waals surface area contributed by atoms with Gasteiger partial charge in [-0.1, -0.05) is 6.42 Å². The molecule has 1 aromatic rings. The van der Waals surface area contributed by atoms with Crippen molar-refractivity contribution in [2.45, 2.75) is 51.5 Å². The summed E-state index contributed by atoms with van der Waals surface area (Å²) in [6.45, 7) is 8.08. The summed E-state index contributed by atoms with van der Waals surface area (Å²) in [5.41, 5.74) is 6.01. The number of anilines is 1. The zero-order valence-corrected chi connectivity index (χ0v) is 10.9. The van der Waals surface area contributed by atoms with Gasteiger partial charge in [0.05, 0.1) is 5.41 Å². The van der Waals surface area contributed by atoms with Crippen LogP contribution in [0.3, 0.4) is 0 Å². The molecule has 5 nitrogen and oxygen atoms in total. The molecule has 1 aliphatic rings. The van der Waals surface area contributed by atoms with Crippen LogP contribution in [-0.4, -0.2) is 29.3 Å². The van der Waals surface area contributed by atoms with Crippen molar-refractivity contribution in [2.75, 3.05) is 18.0 Å². The molecular formula is C12H22N4O. The maximum absolute atomic E-state index is 6.15. The Bertz CT molecular complexity index is 374. The van der Waals surface area contributed by atoms with Gasteiger partial charge in [-0.3, -0.25) is 0 Å². The maximum Gasteiger partial charge on any atom is 0.266 e. The molecule has 0 spiro atoms. The van der Waals surface area contributed by atoms with Gasteiger partial charge >= 0.3 is 0 Å². The highest BCUT2D eigenvalue weighted by atomic mass is 16.5. The predicted octanol–water partition coefficient (Wildman–Crippen LogP) is 1.68. The van der Waals surface area contributed by atoms with Crippen LogP contribution < -0.4 is 10.6 Å². The standard InChI is InChI=1S/C12H22N4O/c1-4-16(5-2)11-14-10(17-15-11)12(3)8-6-7-9(12)13/h9H,4-8,13H2,1-3H3. The first-order valence-electron chi connectivity index (χ1n) is 6.46. The van der Waals surface area contributed by atoms with Gasteiger partial charge in [0.1, 0.15) is 0 Å². The molecule has 0 amide bonds. The fourth-order valence-electron chi connectivity index (χ4n) is 2.54. The fraction of sp³-hybridized carbons (Fsp3) is 0.833. The molecule has 0 saturated heterocycles. The third kappa shape index (κ3) is 2.04. The summed E-state index contributed by atoms with van der Waals surface area (Å²) in [5.74, 6) is 1.38. The molecule has 96 valence electrons. The van der Waals surface area contributed by atoms with Crippen molar-refractivity contribution in [2.24, 2.45) is 5.73 Å². The van der Waals surface area contributed by atoms with E-state index < -0.39 is 0 Å². The Kier molecular flexibility index (Phi) is 3.38. The van der Waals surface area contributed by atoms with Gasteiger partial charge in [0.15, 0.2) is 0 Å². The van der Waals surface area contributed by atoms with E-state index in [-0.39, 0.29) is 11.5 Å². The first-order valence-corrected chi connectivity index (χ1v) is 6.46. The topological polar surface area (TPSA) is 68.2 Å². The third-order valence-electron chi connectivity index (χ3n) is 3.98. The summed E-state index contributed by atoms with van der Waals surface area (Å²) < 4.78 is 5.42. The zero-order valence-electron chi connectivity index (χ0n) is 10.9. The van der Waals surface area contributed by atoms with Crippen LogP contribution in [0.5, 0.6) is 0 Å². The number of hydrogen-bond donors (Lipinski definition) is 1. The van der Waals surface area contributed by atoms with E-state index in [0.29, 0.717) is 11.8 Å². The molecule has 2 rings (SSSR count). The van der Waals surface area contributed by atoms with Gasteiger partial charge < -0.3 is 15.2 Å². The SMILES string of the molecule is CCN(CC)c1noc(C2(C)CCCC2N)n1. The molecule has 1 saturated carbocycles. The maximum atomic E-state index is 6.15. The molecular weight excluding hydrogens is 216 g/mol. The second-order valence-corrected chi connectivity index (χ2v) is 4.99. The molecule has 0 bridgehead atoms. The van der Waals surface area contributed by atoms with Crippen molar-refractivity contribution in [3.63, 3.8) is 0 Å². The zero-order chi connectivity index (χ0) is 12.5. The Balaban J connectivity index is 2.23. The monoisotopic (exact) mass is 238 g/mol. The molecule has 1 fully saturated rings. The minimum Gasteiger partial charge on any atom is -0.339 e. The largest absolute Gasteiger partial charge is 0.339 e. The molecule has 17 heavy (non-hydrogen) atoms. The number of aromatic nitrogens is 2. The summed E-state index contributed by atoms with van der Waals surface area (Å²) in [6.07, 6.45) is 3.22. The van der Waals surface area contributed by atoms with Crippen molar-refractivity contribution in [3.8, 4) is 0 Å². The van der Waals surface area contributed by atoms with Crippen molar-refractivity contribution >= 4 is 5.95 Å². The smallest absolute Gasteiger partial charge is 0.266 e. The molecule has 0 radical (unpaired) electrons. The lowest BCUT2D eigenvalue weighted by atomic mass is 9.85. The minimum absolute atomic E-state index is 0.132. The van der Waals surface area contributed by atoms with Gasteiger partial charge in [-0.2, -0.15) is 4.98 Å². The Morgan fingerprint density at radius 1 is 1.47 bits per heavy atom. The molecule has 5 heteroatoms. The number of hydrogen-bond acceptors (Lipinski definition) is 5. The van der Waals surface area contributed by atoms with Crippen molar-refractivity contribution in [1.29, 1.82) is 0 Å². The number of nitrogens with two attached hydrogens (primary N) is 1. The van der Waals surface area contributed by atoms with Crippen LogP contribution in [0, 0.1) is 0 Å². The van der Waals surface area contributed by atoms with Crippen LogP contribution in [0.15, 0.2) is 4.52 Å². The molecule has 0 aliphatic heterocycles. The van der Waals surface area contributed by atoms with E-state index in [1.807, 2.05) is 0 Å². The highest BCUT2D eigenvalue weighted by molar-refractivity contribution is 5.28. The Hall–Kier alpha value is -1.10. The average Bonchev–Trinajstić information content (AvgIpc) is 2.91. The van der Waals surface area contributed by atoms with Crippen LogP contribution in [-0.2, 0) is 5.41 Å². The Morgan fingerprint density at radius 3 is 2.71 bits per heavy atom. The highest BCUT2D eigenvalue weighted by Crippen LogP contribution is 2.39. The lowest BCUT2D eigenvalue weighted by Crippen LogP contribution is -2.38. The van der Waals surface area contributed by atoms with Gasteiger partial charge in [0, 0.05) is 19.1 Å². The predicted molar refractivity (Wildman–Crippen MR) is 67.0 cm³/mol.